The second-order valence-electron chi connectivity index (χ2n) is 3.92. The van der Waals surface area contributed by atoms with Gasteiger partial charge in [-0.3, -0.25) is 0 Å². The van der Waals surface area contributed by atoms with Gasteiger partial charge in [0, 0.05) is 18.3 Å². The number of benzene rings is 1. The molecule has 3 nitrogen and oxygen atoms in total. The van der Waals surface area contributed by atoms with Crippen LogP contribution in [-0.4, -0.2) is 11.6 Å². The van der Waals surface area contributed by atoms with Gasteiger partial charge in [-0.25, -0.2) is 9.37 Å². The monoisotopic (exact) mass is 258 g/mol. The normalized spacial score (nSPS) is 10.8. The van der Waals surface area contributed by atoms with Gasteiger partial charge in [0.05, 0.1) is 0 Å². The molecule has 0 saturated heterocycles. The molecule has 1 heterocycles. The lowest BCUT2D eigenvalue weighted by molar-refractivity contribution is 0.325. The van der Waals surface area contributed by atoms with Crippen LogP contribution in [0.2, 0.25) is 0 Å². The van der Waals surface area contributed by atoms with Crippen LogP contribution in [0.15, 0.2) is 48.7 Å². The van der Waals surface area contributed by atoms with E-state index in [2.05, 4.69) is 4.98 Å². The first-order valence-corrected chi connectivity index (χ1v) is 5.99. The van der Waals surface area contributed by atoms with E-state index in [4.69, 9.17) is 10.5 Å². The number of hydrogen-bond acceptors (Lipinski definition) is 3. The summed E-state index contributed by atoms with van der Waals surface area (Å²) in [5.41, 5.74) is 6.88. The zero-order chi connectivity index (χ0) is 13.5. The zero-order valence-corrected chi connectivity index (χ0v) is 10.4. The lowest BCUT2D eigenvalue weighted by Crippen LogP contribution is -2.04. The molecular weight excluding hydrogens is 243 g/mol. The maximum Gasteiger partial charge on any atom is 0.251 e. The van der Waals surface area contributed by atoms with Crippen molar-refractivity contribution in [2.24, 2.45) is 5.73 Å². The van der Waals surface area contributed by atoms with Gasteiger partial charge in [0.2, 0.25) is 0 Å². The second kappa shape index (κ2) is 6.66. The van der Waals surface area contributed by atoms with E-state index in [1.165, 1.54) is 6.20 Å². The third kappa shape index (κ3) is 3.63. The summed E-state index contributed by atoms with van der Waals surface area (Å²) in [6.07, 6.45) is 5.21. The Kier molecular flexibility index (Phi) is 4.64. The molecule has 2 N–H and O–H groups in total. The molecular formula is C15H15FN2O. The van der Waals surface area contributed by atoms with E-state index in [9.17, 15) is 4.39 Å². The van der Waals surface area contributed by atoms with Crippen LogP contribution < -0.4 is 10.5 Å². The Morgan fingerprint density at radius 2 is 2.00 bits per heavy atom. The molecule has 0 spiro atoms. The molecule has 0 radical (unpaired) electrons. The molecule has 0 saturated carbocycles. The topological polar surface area (TPSA) is 48.1 Å². The first kappa shape index (κ1) is 13.2. The van der Waals surface area contributed by atoms with E-state index in [1.807, 2.05) is 42.5 Å². The molecule has 0 atom stereocenters. The van der Waals surface area contributed by atoms with Crippen LogP contribution in [0.5, 0.6) is 5.88 Å². The minimum absolute atomic E-state index is 0.0133. The first-order chi connectivity index (χ1) is 9.31. The Morgan fingerprint density at radius 1 is 1.21 bits per heavy atom. The van der Waals surface area contributed by atoms with Crippen molar-refractivity contribution in [3.05, 3.63) is 65.6 Å². The molecule has 19 heavy (non-hydrogen) atoms. The number of nitrogens with two attached hydrogens (primary N) is 1. The Hall–Kier alpha value is -2.20. The number of halogens is 1. The summed E-state index contributed by atoms with van der Waals surface area (Å²) in [6.45, 7) is 0.386. The average Bonchev–Trinajstić information content (AvgIpc) is 2.46. The van der Waals surface area contributed by atoms with Crippen LogP contribution in [0.25, 0.3) is 6.08 Å². The molecule has 0 aliphatic rings. The largest absolute Gasteiger partial charge is 0.471 e. The Bertz CT molecular complexity index is 555. The van der Waals surface area contributed by atoms with Crippen LogP contribution in [0, 0.1) is 5.82 Å². The predicted octanol–water partition coefficient (Wildman–Crippen LogP) is 2.77. The van der Waals surface area contributed by atoms with Crippen molar-refractivity contribution in [3.8, 4) is 5.88 Å². The molecule has 0 unspecified atom stereocenters. The summed E-state index contributed by atoms with van der Waals surface area (Å²) >= 11 is 0. The van der Waals surface area contributed by atoms with Crippen LogP contribution in [-0.2, 0) is 6.54 Å². The molecule has 0 aliphatic heterocycles. The number of hydrogen-bond donors (Lipinski definition) is 1. The van der Waals surface area contributed by atoms with Gasteiger partial charge < -0.3 is 10.5 Å². The van der Waals surface area contributed by atoms with Gasteiger partial charge in [-0.15, -0.1) is 0 Å². The second-order valence-corrected chi connectivity index (χ2v) is 3.92. The molecule has 0 bridgehead atoms. The summed E-state index contributed by atoms with van der Waals surface area (Å²) < 4.78 is 19.0. The predicted molar refractivity (Wildman–Crippen MR) is 73.1 cm³/mol. The standard InChI is InChI=1S/C15H15FN2O/c16-14-13(11-17)8-9-18-15(14)19-10-4-7-12-5-2-1-3-6-12/h1-9H,10-11,17H2/b7-4+. The van der Waals surface area contributed by atoms with Gasteiger partial charge in [-0.2, -0.15) is 0 Å². The molecule has 0 amide bonds. The zero-order valence-electron chi connectivity index (χ0n) is 10.4. The summed E-state index contributed by atoms with van der Waals surface area (Å²) in [6, 6.07) is 11.3. The summed E-state index contributed by atoms with van der Waals surface area (Å²) in [5.74, 6) is -0.501. The lowest BCUT2D eigenvalue weighted by atomic mass is 10.2. The van der Waals surface area contributed by atoms with Gasteiger partial charge in [0.15, 0.2) is 5.82 Å². The van der Waals surface area contributed by atoms with E-state index >= 15 is 0 Å². The van der Waals surface area contributed by atoms with Crippen molar-refractivity contribution >= 4 is 6.08 Å². The third-order valence-corrected chi connectivity index (χ3v) is 2.58. The maximum absolute atomic E-state index is 13.7. The van der Waals surface area contributed by atoms with Gasteiger partial charge in [0.25, 0.3) is 5.88 Å². The van der Waals surface area contributed by atoms with E-state index < -0.39 is 5.82 Å². The average molecular weight is 258 g/mol. The SMILES string of the molecule is NCc1ccnc(OC/C=C/c2ccccc2)c1F. The fourth-order valence-corrected chi connectivity index (χ4v) is 1.60. The summed E-state index contributed by atoms with van der Waals surface area (Å²) in [5, 5.41) is 0. The molecule has 1 aromatic carbocycles. The van der Waals surface area contributed by atoms with Gasteiger partial charge in [0.1, 0.15) is 6.61 Å². The van der Waals surface area contributed by atoms with E-state index in [0.717, 1.165) is 5.56 Å². The molecule has 0 aliphatic carbocycles. The molecule has 1 aromatic heterocycles. The minimum atomic E-state index is -0.488. The Morgan fingerprint density at radius 3 is 2.74 bits per heavy atom. The first-order valence-electron chi connectivity index (χ1n) is 5.99. The van der Waals surface area contributed by atoms with Crippen LogP contribution in [0.4, 0.5) is 4.39 Å². The Balaban J connectivity index is 1.95. The smallest absolute Gasteiger partial charge is 0.251 e. The third-order valence-electron chi connectivity index (χ3n) is 2.58. The molecule has 2 rings (SSSR count). The van der Waals surface area contributed by atoms with Crippen molar-refractivity contribution in [2.75, 3.05) is 6.61 Å². The van der Waals surface area contributed by atoms with Crippen molar-refractivity contribution in [1.29, 1.82) is 0 Å². The molecule has 98 valence electrons. The Labute approximate surface area is 111 Å². The molecule has 4 heteroatoms. The van der Waals surface area contributed by atoms with Crippen molar-refractivity contribution < 1.29 is 9.13 Å². The van der Waals surface area contributed by atoms with E-state index in [-0.39, 0.29) is 19.0 Å². The fourth-order valence-electron chi connectivity index (χ4n) is 1.60. The minimum Gasteiger partial charge on any atom is -0.471 e. The van der Waals surface area contributed by atoms with Crippen molar-refractivity contribution in [1.82, 2.24) is 4.98 Å². The quantitative estimate of drug-likeness (QED) is 0.897. The molecule has 0 fully saturated rings. The summed E-state index contributed by atoms with van der Waals surface area (Å²) in [4.78, 5) is 3.84. The van der Waals surface area contributed by atoms with Crippen LogP contribution in [0.1, 0.15) is 11.1 Å². The highest BCUT2D eigenvalue weighted by Crippen LogP contribution is 2.16. The van der Waals surface area contributed by atoms with Crippen molar-refractivity contribution in [2.45, 2.75) is 6.54 Å². The van der Waals surface area contributed by atoms with Crippen LogP contribution in [0.3, 0.4) is 0 Å². The van der Waals surface area contributed by atoms with Crippen LogP contribution >= 0.6 is 0 Å². The van der Waals surface area contributed by atoms with Gasteiger partial charge in [-0.05, 0) is 17.7 Å². The number of rotatable bonds is 5. The fraction of sp³-hybridized carbons (Fsp3) is 0.133. The summed E-state index contributed by atoms with van der Waals surface area (Å²) in [7, 11) is 0. The lowest BCUT2D eigenvalue weighted by Gasteiger charge is -2.05. The van der Waals surface area contributed by atoms with Gasteiger partial charge >= 0.3 is 0 Å². The highest BCUT2D eigenvalue weighted by molar-refractivity contribution is 5.48. The number of ether oxygens (including phenoxy) is 1. The van der Waals surface area contributed by atoms with Crippen molar-refractivity contribution in [3.63, 3.8) is 0 Å². The highest BCUT2D eigenvalue weighted by Gasteiger charge is 2.08. The maximum atomic E-state index is 13.7. The van der Waals surface area contributed by atoms with E-state index in [0.29, 0.717) is 5.56 Å². The number of aromatic nitrogens is 1. The highest BCUT2D eigenvalue weighted by atomic mass is 19.1. The number of nitrogens with zero attached hydrogens (tertiary/aromatic N) is 1. The van der Waals surface area contributed by atoms with Gasteiger partial charge in [-0.1, -0.05) is 36.4 Å². The number of pyridine rings is 1. The van der Waals surface area contributed by atoms with E-state index in [1.54, 1.807) is 6.07 Å². The molecule has 2 aromatic rings.